The minimum Gasteiger partial charge on any atom is -0.493 e. The Morgan fingerprint density at radius 1 is 1.16 bits per heavy atom. The van der Waals surface area contributed by atoms with Crippen LogP contribution in [0.15, 0.2) is 65.3 Å². The standard InChI is InChI=1S/C22H20N4O5/c1-2-9-26-16-6-4-3-5-15(16)20(22(26)29)25-24-19(27)13-23-21(28)14-7-8-17-18(12-14)31-11-10-30-17/h2-8,12,29H,1,9-11,13H2,(H,23,28). The second-order valence-electron chi connectivity index (χ2n) is 6.72. The van der Waals surface area contributed by atoms with Gasteiger partial charge in [-0.25, -0.2) is 0 Å². The first-order chi connectivity index (χ1) is 15.1. The highest BCUT2D eigenvalue weighted by Gasteiger charge is 2.17. The van der Waals surface area contributed by atoms with E-state index < -0.39 is 11.8 Å². The topological polar surface area (TPSA) is 115 Å². The predicted molar refractivity (Wildman–Crippen MR) is 113 cm³/mol. The largest absolute Gasteiger partial charge is 0.493 e. The summed E-state index contributed by atoms with van der Waals surface area (Å²) < 4.78 is 12.5. The molecule has 2 aromatic carbocycles. The maximum Gasteiger partial charge on any atom is 0.283 e. The van der Waals surface area contributed by atoms with Crippen molar-refractivity contribution in [1.82, 2.24) is 9.88 Å². The molecule has 2 amide bonds. The SMILES string of the molecule is C=CCn1c(O)c(N=NC(=O)CNC(=O)c2ccc3c(c2)OCCO3)c2ccccc21. The molecule has 0 spiro atoms. The van der Waals surface area contributed by atoms with Crippen LogP contribution in [0.4, 0.5) is 5.69 Å². The van der Waals surface area contributed by atoms with Gasteiger partial charge in [0, 0.05) is 17.5 Å². The first-order valence-electron chi connectivity index (χ1n) is 9.62. The number of nitrogens with zero attached hydrogens (tertiary/aromatic N) is 3. The van der Waals surface area contributed by atoms with Gasteiger partial charge in [-0.15, -0.1) is 16.8 Å². The summed E-state index contributed by atoms with van der Waals surface area (Å²) in [5.74, 6) is -0.172. The Morgan fingerprint density at radius 3 is 2.74 bits per heavy atom. The molecule has 0 unspecified atom stereocenters. The average Bonchev–Trinajstić information content (AvgIpc) is 3.07. The number of nitrogens with one attached hydrogen (secondary N) is 1. The summed E-state index contributed by atoms with van der Waals surface area (Å²) in [7, 11) is 0. The van der Waals surface area contributed by atoms with Crippen LogP contribution < -0.4 is 14.8 Å². The second kappa shape index (κ2) is 8.70. The summed E-state index contributed by atoms with van der Waals surface area (Å²) in [5.41, 5.74) is 1.26. The molecule has 4 rings (SSSR count). The number of aromatic hydroxyl groups is 1. The van der Waals surface area contributed by atoms with Crippen molar-refractivity contribution in [3.05, 3.63) is 60.7 Å². The van der Waals surface area contributed by atoms with E-state index in [0.29, 0.717) is 42.2 Å². The van der Waals surface area contributed by atoms with Gasteiger partial charge >= 0.3 is 0 Å². The van der Waals surface area contributed by atoms with Crippen molar-refractivity contribution < 1.29 is 24.2 Å². The van der Waals surface area contributed by atoms with Crippen LogP contribution in [0.1, 0.15) is 10.4 Å². The number of azo groups is 1. The maximum atomic E-state index is 12.3. The van der Waals surface area contributed by atoms with Gasteiger partial charge in [-0.3, -0.25) is 9.59 Å². The number of benzene rings is 2. The van der Waals surface area contributed by atoms with E-state index in [1.54, 1.807) is 41.0 Å². The van der Waals surface area contributed by atoms with Crippen molar-refractivity contribution in [3.63, 3.8) is 0 Å². The molecular formula is C22H20N4O5. The summed E-state index contributed by atoms with van der Waals surface area (Å²) in [4.78, 5) is 24.5. The second-order valence-corrected chi connectivity index (χ2v) is 6.72. The number of ether oxygens (including phenoxy) is 2. The molecule has 0 atom stereocenters. The van der Waals surface area contributed by atoms with Gasteiger partial charge < -0.3 is 24.5 Å². The molecule has 2 N–H and O–H groups in total. The number of carbonyl (C=O) groups is 2. The van der Waals surface area contributed by atoms with Crippen molar-refractivity contribution in [2.75, 3.05) is 19.8 Å². The third kappa shape index (κ3) is 4.11. The fourth-order valence-electron chi connectivity index (χ4n) is 3.27. The molecule has 0 fully saturated rings. The highest BCUT2D eigenvalue weighted by atomic mass is 16.6. The molecule has 158 valence electrons. The van der Waals surface area contributed by atoms with Gasteiger partial charge in [0.15, 0.2) is 17.2 Å². The van der Waals surface area contributed by atoms with Crippen molar-refractivity contribution in [3.8, 4) is 17.4 Å². The zero-order chi connectivity index (χ0) is 21.8. The molecule has 0 aliphatic carbocycles. The van der Waals surface area contributed by atoms with Crippen LogP contribution in [-0.4, -0.2) is 41.2 Å². The Hall–Kier alpha value is -4.14. The van der Waals surface area contributed by atoms with Gasteiger partial charge in [-0.05, 0) is 24.3 Å². The van der Waals surface area contributed by atoms with Crippen LogP contribution in [-0.2, 0) is 11.3 Å². The lowest BCUT2D eigenvalue weighted by atomic mass is 10.2. The van der Waals surface area contributed by atoms with Crippen molar-refractivity contribution in [2.45, 2.75) is 6.54 Å². The monoisotopic (exact) mass is 420 g/mol. The highest BCUT2D eigenvalue weighted by Crippen LogP contribution is 2.38. The lowest BCUT2D eigenvalue weighted by Gasteiger charge is -2.18. The zero-order valence-corrected chi connectivity index (χ0v) is 16.6. The summed E-state index contributed by atoms with van der Waals surface area (Å²) >= 11 is 0. The Morgan fingerprint density at radius 2 is 1.94 bits per heavy atom. The molecule has 0 saturated heterocycles. The summed E-state index contributed by atoms with van der Waals surface area (Å²) in [6.07, 6.45) is 1.64. The first-order valence-corrected chi connectivity index (χ1v) is 9.62. The average molecular weight is 420 g/mol. The Bertz CT molecular complexity index is 1200. The van der Waals surface area contributed by atoms with Crippen LogP contribution in [0.25, 0.3) is 10.9 Å². The maximum absolute atomic E-state index is 12.3. The number of hydrogen-bond acceptors (Lipinski definition) is 6. The third-order valence-corrected chi connectivity index (χ3v) is 4.70. The number of aromatic nitrogens is 1. The minimum absolute atomic E-state index is 0.113. The molecule has 1 aromatic heterocycles. The van der Waals surface area contributed by atoms with Crippen molar-refractivity contribution in [1.29, 1.82) is 0 Å². The predicted octanol–water partition coefficient (Wildman–Crippen LogP) is 3.34. The summed E-state index contributed by atoms with van der Waals surface area (Å²) in [5, 5.41) is 21.2. The van der Waals surface area contributed by atoms with Gasteiger partial charge in [-0.1, -0.05) is 24.3 Å². The molecular weight excluding hydrogens is 400 g/mol. The lowest BCUT2D eigenvalue weighted by Crippen LogP contribution is -2.28. The number of allylic oxidation sites excluding steroid dienone is 1. The van der Waals surface area contributed by atoms with E-state index in [4.69, 9.17) is 9.47 Å². The van der Waals surface area contributed by atoms with E-state index in [-0.39, 0.29) is 18.1 Å². The molecule has 2 heterocycles. The number of amides is 2. The molecule has 9 heteroatoms. The van der Waals surface area contributed by atoms with Gasteiger partial charge in [0.25, 0.3) is 11.8 Å². The fraction of sp³-hybridized carbons (Fsp3) is 0.182. The zero-order valence-electron chi connectivity index (χ0n) is 16.6. The van der Waals surface area contributed by atoms with Crippen LogP contribution in [0.5, 0.6) is 17.4 Å². The Balaban J connectivity index is 1.44. The van der Waals surface area contributed by atoms with Crippen LogP contribution in [0.2, 0.25) is 0 Å². The van der Waals surface area contributed by atoms with Crippen LogP contribution in [0, 0.1) is 0 Å². The molecule has 0 saturated carbocycles. The summed E-state index contributed by atoms with van der Waals surface area (Å²) in [6.45, 7) is 4.58. The smallest absolute Gasteiger partial charge is 0.283 e. The Kier molecular flexibility index (Phi) is 5.65. The number of para-hydroxylation sites is 1. The first kappa shape index (κ1) is 20.1. The molecule has 3 aromatic rings. The lowest BCUT2D eigenvalue weighted by molar-refractivity contribution is -0.117. The van der Waals surface area contributed by atoms with Gasteiger partial charge in [0.1, 0.15) is 19.8 Å². The van der Waals surface area contributed by atoms with Gasteiger partial charge in [-0.2, -0.15) is 0 Å². The van der Waals surface area contributed by atoms with E-state index in [1.165, 1.54) is 0 Å². The normalized spacial score (nSPS) is 12.8. The minimum atomic E-state index is -0.661. The van der Waals surface area contributed by atoms with Crippen LogP contribution in [0.3, 0.4) is 0 Å². The van der Waals surface area contributed by atoms with E-state index >= 15 is 0 Å². The van der Waals surface area contributed by atoms with Crippen LogP contribution >= 0.6 is 0 Å². The summed E-state index contributed by atoms with van der Waals surface area (Å²) in [6, 6.07) is 12.0. The number of hydrogen-bond donors (Lipinski definition) is 2. The van der Waals surface area contributed by atoms with Gasteiger partial charge in [0.2, 0.25) is 5.88 Å². The third-order valence-electron chi connectivity index (χ3n) is 4.70. The molecule has 9 nitrogen and oxygen atoms in total. The Labute approximate surface area is 177 Å². The molecule has 1 aliphatic rings. The number of carbonyl (C=O) groups excluding carboxylic acids is 2. The molecule has 31 heavy (non-hydrogen) atoms. The number of rotatable bonds is 6. The molecule has 1 aliphatic heterocycles. The van der Waals surface area contributed by atoms with E-state index in [9.17, 15) is 14.7 Å². The van der Waals surface area contributed by atoms with E-state index in [1.807, 2.05) is 12.1 Å². The quantitative estimate of drug-likeness (QED) is 0.469. The van der Waals surface area contributed by atoms with E-state index in [2.05, 4.69) is 22.1 Å². The molecule has 0 radical (unpaired) electrons. The van der Waals surface area contributed by atoms with E-state index in [0.717, 1.165) is 5.52 Å². The fourth-order valence-corrected chi connectivity index (χ4v) is 3.27. The van der Waals surface area contributed by atoms with Gasteiger partial charge in [0.05, 0.1) is 5.52 Å². The van der Waals surface area contributed by atoms with Crippen molar-refractivity contribution in [2.24, 2.45) is 10.2 Å². The number of fused-ring (bicyclic) bond motifs is 2. The highest BCUT2D eigenvalue weighted by molar-refractivity contribution is 5.97. The van der Waals surface area contributed by atoms with Crippen molar-refractivity contribution >= 4 is 28.4 Å². The molecule has 0 bridgehead atoms.